The van der Waals surface area contributed by atoms with E-state index < -0.39 is 11.8 Å². The van der Waals surface area contributed by atoms with Crippen LogP contribution in [-0.2, 0) is 14.3 Å². The number of ether oxygens (including phenoxy) is 1. The molecule has 0 radical (unpaired) electrons. The Balaban J connectivity index is 1.99. The molecule has 1 unspecified atom stereocenters. The van der Waals surface area contributed by atoms with E-state index in [1.54, 1.807) is 6.20 Å². The molecule has 150 valence electrons. The number of nitrogens with zero attached hydrogens (tertiary/aromatic N) is 2. The van der Waals surface area contributed by atoms with Gasteiger partial charge in [0.25, 0.3) is 0 Å². The summed E-state index contributed by atoms with van der Waals surface area (Å²) >= 11 is 0. The minimum absolute atomic E-state index is 0.0712. The summed E-state index contributed by atoms with van der Waals surface area (Å²) in [6.45, 7) is 8.55. The highest BCUT2D eigenvalue weighted by Gasteiger charge is 2.46. The molecule has 1 aliphatic heterocycles. The number of allylic oxidation sites excluding steroid dienone is 2. The molecule has 0 aromatic carbocycles. The molecule has 0 saturated heterocycles. The van der Waals surface area contributed by atoms with Crippen LogP contribution < -0.4 is 0 Å². The van der Waals surface area contributed by atoms with E-state index in [1.165, 1.54) is 0 Å². The van der Waals surface area contributed by atoms with Gasteiger partial charge in [0.15, 0.2) is 5.78 Å². The highest BCUT2D eigenvalue weighted by atomic mass is 16.5. The van der Waals surface area contributed by atoms with Gasteiger partial charge in [-0.05, 0) is 37.3 Å². The molecule has 28 heavy (non-hydrogen) atoms. The van der Waals surface area contributed by atoms with Gasteiger partial charge in [0, 0.05) is 35.3 Å². The average molecular weight is 383 g/mol. The predicted octanol–water partition coefficient (Wildman–Crippen LogP) is 4.63. The number of carbonyl (C=O) groups excluding carboxylic acids is 2. The van der Waals surface area contributed by atoms with Crippen LogP contribution in [0.1, 0.15) is 71.4 Å². The lowest BCUT2D eigenvalue weighted by atomic mass is 9.67. The Labute approximate surface area is 167 Å². The van der Waals surface area contributed by atoms with E-state index in [1.807, 2.05) is 25.1 Å². The van der Waals surface area contributed by atoms with Gasteiger partial charge in [-0.25, -0.2) is 0 Å². The van der Waals surface area contributed by atoms with Gasteiger partial charge < -0.3 is 4.74 Å². The third kappa shape index (κ3) is 4.23. The second-order valence-corrected chi connectivity index (χ2v) is 8.64. The number of aromatic nitrogens is 1. The number of hydrogen-bond acceptors (Lipinski definition) is 5. The zero-order valence-electron chi connectivity index (χ0n) is 17.3. The van der Waals surface area contributed by atoms with Crippen LogP contribution in [0.25, 0.3) is 0 Å². The SMILES string of the molecule is CCCCCOC(=O)C1C(C)=NC2=C(C(=O)CC(C)(C)C2)[C@H]1c1ccccn1. The standard InChI is InChI=1S/C23H30N2O3/c1-5-6-9-12-28-22(27)19-15(2)25-17-13-23(3,4)14-18(26)20(17)21(19)16-10-7-8-11-24-16/h7-8,10-11,19,21H,5-6,9,12-14H2,1-4H3/t19?,21-/m0/s1. The first-order valence-electron chi connectivity index (χ1n) is 10.2. The lowest BCUT2D eigenvalue weighted by Crippen LogP contribution is -2.39. The molecule has 2 atom stereocenters. The number of esters is 1. The predicted molar refractivity (Wildman–Crippen MR) is 109 cm³/mol. The minimum atomic E-state index is -0.597. The van der Waals surface area contributed by atoms with Crippen molar-refractivity contribution in [2.75, 3.05) is 6.61 Å². The number of aliphatic imine (C=N–C) groups is 1. The highest BCUT2D eigenvalue weighted by molar-refractivity contribution is 6.08. The molecule has 2 heterocycles. The minimum Gasteiger partial charge on any atom is -0.465 e. The van der Waals surface area contributed by atoms with Crippen molar-refractivity contribution in [1.82, 2.24) is 4.98 Å². The number of unbranched alkanes of at least 4 members (excludes halogenated alkanes) is 2. The van der Waals surface area contributed by atoms with Crippen molar-refractivity contribution >= 4 is 17.5 Å². The molecule has 0 spiro atoms. The number of carbonyl (C=O) groups is 2. The average Bonchev–Trinajstić information content (AvgIpc) is 2.63. The third-order valence-corrected chi connectivity index (χ3v) is 5.55. The smallest absolute Gasteiger partial charge is 0.315 e. The van der Waals surface area contributed by atoms with Gasteiger partial charge >= 0.3 is 5.97 Å². The lowest BCUT2D eigenvalue weighted by molar-refractivity contribution is -0.146. The molecule has 0 amide bonds. The van der Waals surface area contributed by atoms with Crippen molar-refractivity contribution in [3.63, 3.8) is 0 Å². The van der Waals surface area contributed by atoms with E-state index in [0.29, 0.717) is 24.3 Å². The van der Waals surface area contributed by atoms with E-state index in [-0.39, 0.29) is 17.2 Å². The topological polar surface area (TPSA) is 68.6 Å². The number of rotatable bonds is 6. The largest absolute Gasteiger partial charge is 0.465 e. The van der Waals surface area contributed by atoms with E-state index in [4.69, 9.17) is 9.73 Å². The van der Waals surface area contributed by atoms with Crippen molar-refractivity contribution in [3.8, 4) is 0 Å². The Morgan fingerprint density at radius 2 is 2.04 bits per heavy atom. The van der Waals surface area contributed by atoms with Crippen LogP contribution in [0.5, 0.6) is 0 Å². The fourth-order valence-corrected chi connectivity index (χ4v) is 4.24. The summed E-state index contributed by atoms with van der Waals surface area (Å²) < 4.78 is 5.58. The number of hydrogen-bond donors (Lipinski definition) is 0. The maximum Gasteiger partial charge on any atom is 0.315 e. The van der Waals surface area contributed by atoms with Gasteiger partial charge in [0.1, 0.15) is 5.92 Å². The van der Waals surface area contributed by atoms with Crippen LogP contribution in [0.15, 0.2) is 40.7 Å². The molecule has 0 saturated carbocycles. The second-order valence-electron chi connectivity index (χ2n) is 8.64. The number of Topliss-reactive ketones (excluding diaryl/α,β-unsaturated/α-hetero) is 1. The van der Waals surface area contributed by atoms with E-state index in [9.17, 15) is 9.59 Å². The van der Waals surface area contributed by atoms with E-state index in [2.05, 4.69) is 25.8 Å². The molecule has 1 aromatic rings. The van der Waals surface area contributed by atoms with Gasteiger partial charge in [-0.1, -0.05) is 39.7 Å². The molecule has 5 heteroatoms. The van der Waals surface area contributed by atoms with Crippen LogP contribution in [-0.4, -0.2) is 29.1 Å². The van der Waals surface area contributed by atoms with E-state index >= 15 is 0 Å². The van der Waals surface area contributed by atoms with Gasteiger partial charge in [-0.3, -0.25) is 19.6 Å². The highest BCUT2D eigenvalue weighted by Crippen LogP contribution is 2.47. The number of pyridine rings is 1. The molecule has 0 N–H and O–H groups in total. The first kappa shape index (κ1) is 20.4. The van der Waals surface area contributed by atoms with Gasteiger partial charge in [0.05, 0.1) is 12.5 Å². The summed E-state index contributed by atoms with van der Waals surface area (Å²) in [5.74, 6) is -1.25. The van der Waals surface area contributed by atoms with Gasteiger partial charge in [0.2, 0.25) is 0 Å². The Bertz CT molecular complexity index is 808. The van der Waals surface area contributed by atoms with Gasteiger partial charge in [-0.15, -0.1) is 0 Å². The monoisotopic (exact) mass is 382 g/mol. The maximum atomic E-state index is 13.1. The van der Waals surface area contributed by atoms with Crippen molar-refractivity contribution in [2.45, 2.75) is 65.7 Å². The van der Waals surface area contributed by atoms with Crippen LogP contribution in [0.3, 0.4) is 0 Å². The van der Waals surface area contributed by atoms with E-state index in [0.717, 1.165) is 37.1 Å². The quantitative estimate of drug-likeness (QED) is 0.531. The van der Waals surface area contributed by atoms with Crippen molar-refractivity contribution in [2.24, 2.45) is 16.3 Å². The lowest BCUT2D eigenvalue weighted by Gasteiger charge is -2.38. The van der Waals surface area contributed by atoms with Crippen LogP contribution in [0, 0.1) is 11.3 Å². The zero-order chi connectivity index (χ0) is 20.3. The summed E-state index contributed by atoms with van der Waals surface area (Å²) in [4.78, 5) is 35.3. The summed E-state index contributed by atoms with van der Waals surface area (Å²) in [6.07, 6.45) is 5.84. The van der Waals surface area contributed by atoms with Crippen LogP contribution >= 0.6 is 0 Å². The molecule has 0 fully saturated rings. The molecule has 1 aliphatic carbocycles. The Hall–Kier alpha value is -2.30. The summed E-state index contributed by atoms with van der Waals surface area (Å²) in [5.41, 5.74) is 2.78. The molecule has 3 rings (SSSR count). The molecule has 0 bridgehead atoms. The first-order chi connectivity index (χ1) is 13.3. The molecule has 5 nitrogen and oxygen atoms in total. The summed E-state index contributed by atoms with van der Waals surface area (Å²) in [7, 11) is 0. The van der Waals surface area contributed by atoms with Crippen LogP contribution in [0.2, 0.25) is 0 Å². The second kappa shape index (κ2) is 8.38. The molecule has 1 aromatic heterocycles. The van der Waals surface area contributed by atoms with Crippen LogP contribution in [0.4, 0.5) is 0 Å². The maximum absolute atomic E-state index is 13.1. The Kier molecular flexibility index (Phi) is 6.11. The fourth-order valence-electron chi connectivity index (χ4n) is 4.24. The summed E-state index contributed by atoms with van der Waals surface area (Å²) in [5, 5.41) is 0. The Morgan fingerprint density at radius 3 is 2.71 bits per heavy atom. The number of ketones is 1. The van der Waals surface area contributed by atoms with Gasteiger partial charge in [-0.2, -0.15) is 0 Å². The van der Waals surface area contributed by atoms with Crippen molar-refractivity contribution in [1.29, 1.82) is 0 Å². The van der Waals surface area contributed by atoms with Crippen molar-refractivity contribution in [3.05, 3.63) is 41.4 Å². The molecular formula is C23H30N2O3. The zero-order valence-corrected chi connectivity index (χ0v) is 17.3. The first-order valence-corrected chi connectivity index (χ1v) is 10.2. The third-order valence-electron chi connectivity index (χ3n) is 5.55. The normalized spacial score (nSPS) is 23.9. The van der Waals surface area contributed by atoms with Crippen molar-refractivity contribution < 1.29 is 14.3 Å². The fraction of sp³-hybridized carbons (Fsp3) is 0.565. The Morgan fingerprint density at radius 1 is 1.25 bits per heavy atom. The molecular weight excluding hydrogens is 352 g/mol. The summed E-state index contributed by atoms with van der Waals surface area (Å²) in [6, 6.07) is 5.62. The molecule has 2 aliphatic rings.